The van der Waals surface area contributed by atoms with Crippen LogP contribution in [0.15, 0.2) is 54.5 Å². The molecular weight excluding hydrogens is 284 g/mol. The first-order valence-electron chi connectivity index (χ1n) is 6.36. The van der Waals surface area contributed by atoms with Crippen molar-refractivity contribution in [3.05, 3.63) is 65.6 Å². The van der Waals surface area contributed by atoms with Gasteiger partial charge in [0.05, 0.1) is 10.6 Å². The van der Waals surface area contributed by atoms with Gasteiger partial charge in [0.15, 0.2) is 0 Å². The minimum absolute atomic E-state index is 0.0793. The summed E-state index contributed by atoms with van der Waals surface area (Å²) in [4.78, 5) is 0.0793. The number of nitrogens with one attached hydrogen (secondary N) is 1. The molecule has 21 heavy (non-hydrogen) atoms. The van der Waals surface area contributed by atoms with Gasteiger partial charge in [0.2, 0.25) is 0 Å². The van der Waals surface area contributed by atoms with E-state index in [4.69, 9.17) is 5.73 Å². The van der Waals surface area contributed by atoms with Gasteiger partial charge in [0, 0.05) is 11.3 Å². The second kappa shape index (κ2) is 6.95. The van der Waals surface area contributed by atoms with E-state index in [2.05, 4.69) is 17.9 Å². The minimum atomic E-state index is -3.73. The summed E-state index contributed by atoms with van der Waals surface area (Å²) in [5.41, 5.74) is 8.17. The molecule has 0 saturated heterocycles. The summed E-state index contributed by atoms with van der Waals surface area (Å²) in [6.07, 6.45) is 7.65. The molecule has 4 nitrogen and oxygen atoms in total. The lowest BCUT2D eigenvalue weighted by Crippen LogP contribution is -2.15. The number of nitrogens with two attached hydrogens (primary N) is 1. The maximum Gasteiger partial charge on any atom is 0.261 e. The van der Waals surface area contributed by atoms with Crippen molar-refractivity contribution >= 4 is 27.5 Å². The van der Waals surface area contributed by atoms with Crippen molar-refractivity contribution in [2.75, 3.05) is 10.5 Å². The molecule has 0 aliphatic rings. The molecule has 0 heterocycles. The molecule has 0 spiro atoms. The molecule has 1 aromatic carbocycles. The maximum absolute atomic E-state index is 12.4. The Kier molecular flexibility index (Phi) is 5.55. The van der Waals surface area contributed by atoms with Gasteiger partial charge in [-0.05, 0) is 43.7 Å². The molecule has 0 saturated carbocycles. The average Bonchev–Trinajstić information content (AvgIpc) is 2.38. The van der Waals surface area contributed by atoms with Crippen LogP contribution in [0.3, 0.4) is 0 Å². The van der Waals surface area contributed by atoms with Gasteiger partial charge >= 0.3 is 0 Å². The van der Waals surface area contributed by atoms with Crippen molar-refractivity contribution < 1.29 is 8.42 Å². The van der Waals surface area contributed by atoms with Crippen LogP contribution in [0.2, 0.25) is 0 Å². The normalized spacial score (nSPS) is 12.4. The van der Waals surface area contributed by atoms with Crippen molar-refractivity contribution in [1.82, 2.24) is 0 Å². The fourth-order valence-corrected chi connectivity index (χ4v) is 2.85. The number of rotatable bonds is 6. The molecule has 0 fully saturated rings. The Balaban J connectivity index is 3.33. The van der Waals surface area contributed by atoms with Crippen LogP contribution < -0.4 is 10.5 Å². The first kappa shape index (κ1) is 16.8. The number of hydrogen-bond donors (Lipinski definition) is 2. The molecule has 0 radical (unpaired) electrons. The Hall–Kier alpha value is -2.27. The first-order valence-corrected chi connectivity index (χ1v) is 7.84. The van der Waals surface area contributed by atoms with Crippen LogP contribution >= 0.6 is 0 Å². The van der Waals surface area contributed by atoms with Gasteiger partial charge in [0.25, 0.3) is 10.0 Å². The molecule has 3 N–H and O–H groups in total. The summed E-state index contributed by atoms with van der Waals surface area (Å²) in [6, 6.07) is 3.47. The van der Waals surface area contributed by atoms with Gasteiger partial charge in [-0.25, -0.2) is 8.42 Å². The first-order chi connectivity index (χ1) is 9.85. The largest absolute Gasteiger partial charge is 0.398 e. The van der Waals surface area contributed by atoms with Crippen molar-refractivity contribution in [2.45, 2.75) is 13.8 Å². The molecule has 0 aliphatic carbocycles. The van der Waals surface area contributed by atoms with Gasteiger partial charge in [0.1, 0.15) is 0 Å². The molecular formula is C16H20N2O2S. The highest BCUT2D eigenvalue weighted by atomic mass is 32.2. The maximum atomic E-state index is 12.4. The predicted molar refractivity (Wildman–Crippen MR) is 91.3 cm³/mol. The molecule has 0 amide bonds. The van der Waals surface area contributed by atoms with E-state index in [1.165, 1.54) is 18.2 Å². The van der Waals surface area contributed by atoms with Crippen molar-refractivity contribution in [2.24, 2.45) is 0 Å². The quantitative estimate of drug-likeness (QED) is 0.623. The number of hydrogen-bond acceptors (Lipinski definition) is 3. The number of allylic oxidation sites excluding steroid dienone is 4. The van der Waals surface area contributed by atoms with Crippen LogP contribution in [0.1, 0.15) is 18.1 Å². The predicted octanol–water partition coefficient (Wildman–Crippen LogP) is 3.61. The van der Waals surface area contributed by atoms with Crippen LogP contribution in [0.5, 0.6) is 0 Å². The summed E-state index contributed by atoms with van der Waals surface area (Å²) < 4.78 is 27.3. The Morgan fingerprint density at radius 3 is 2.52 bits per heavy atom. The number of nitrogen functional groups attached to an aromatic ring is 1. The summed E-state index contributed by atoms with van der Waals surface area (Å²) >= 11 is 0. The fraction of sp³-hybridized carbons (Fsp3) is 0.125. The molecule has 0 atom stereocenters. The highest BCUT2D eigenvalue weighted by Gasteiger charge is 2.16. The fourth-order valence-electron chi connectivity index (χ4n) is 1.80. The van der Waals surface area contributed by atoms with E-state index in [-0.39, 0.29) is 4.91 Å². The lowest BCUT2D eigenvalue weighted by molar-refractivity contribution is 0.608. The van der Waals surface area contributed by atoms with E-state index in [1.807, 2.05) is 6.92 Å². The Labute approximate surface area is 126 Å². The van der Waals surface area contributed by atoms with Gasteiger partial charge in [-0.2, -0.15) is 0 Å². The molecule has 0 bridgehead atoms. The summed E-state index contributed by atoms with van der Waals surface area (Å²) in [5.74, 6) is 0. The summed E-state index contributed by atoms with van der Waals surface area (Å²) in [6.45, 7) is 10.8. The minimum Gasteiger partial charge on any atom is -0.398 e. The molecule has 112 valence electrons. The average molecular weight is 304 g/mol. The Bertz CT molecular complexity index is 714. The third-order valence-electron chi connectivity index (χ3n) is 2.77. The molecule has 1 aromatic rings. The Morgan fingerprint density at radius 1 is 1.33 bits per heavy atom. The van der Waals surface area contributed by atoms with E-state index in [1.54, 1.807) is 31.2 Å². The molecule has 0 aromatic heterocycles. The molecule has 5 heteroatoms. The molecule has 0 unspecified atom stereocenters. The van der Waals surface area contributed by atoms with Gasteiger partial charge in [-0.3, -0.25) is 4.72 Å². The van der Waals surface area contributed by atoms with Crippen molar-refractivity contribution in [3.63, 3.8) is 0 Å². The van der Waals surface area contributed by atoms with Crippen LogP contribution in [0.4, 0.5) is 11.4 Å². The second-order valence-corrected chi connectivity index (χ2v) is 6.11. The zero-order chi connectivity index (χ0) is 16.0. The van der Waals surface area contributed by atoms with Crippen LogP contribution in [-0.4, -0.2) is 8.42 Å². The number of anilines is 2. The highest BCUT2D eigenvalue weighted by Crippen LogP contribution is 2.27. The van der Waals surface area contributed by atoms with Crippen molar-refractivity contribution in [1.29, 1.82) is 0 Å². The lowest BCUT2D eigenvalue weighted by atomic mass is 10.1. The highest BCUT2D eigenvalue weighted by molar-refractivity contribution is 7.96. The SMILES string of the molecule is C=C/C(=C\C=C/C)S(=O)(=O)Nc1cc(C)cc(N)c1C=C. The Morgan fingerprint density at radius 2 is 2.00 bits per heavy atom. The van der Waals surface area contributed by atoms with Crippen LogP contribution in [0.25, 0.3) is 6.08 Å². The number of benzene rings is 1. The van der Waals surface area contributed by atoms with Gasteiger partial charge in [-0.1, -0.05) is 31.4 Å². The number of sulfonamides is 1. The third kappa shape index (κ3) is 4.10. The molecule has 1 rings (SSSR count). The van der Waals surface area contributed by atoms with Crippen LogP contribution in [0, 0.1) is 6.92 Å². The van der Waals surface area contributed by atoms with E-state index in [0.717, 1.165) is 5.56 Å². The summed E-state index contributed by atoms with van der Waals surface area (Å²) in [5, 5.41) is 0. The van der Waals surface area contributed by atoms with Gasteiger partial charge in [-0.15, -0.1) is 0 Å². The van der Waals surface area contributed by atoms with Gasteiger partial charge < -0.3 is 5.73 Å². The number of aryl methyl sites for hydroxylation is 1. The summed E-state index contributed by atoms with van der Waals surface area (Å²) in [7, 11) is -3.73. The third-order valence-corrected chi connectivity index (χ3v) is 4.18. The monoisotopic (exact) mass is 304 g/mol. The van der Waals surface area contributed by atoms with E-state index < -0.39 is 10.0 Å². The lowest BCUT2D eigenvalue weighted by Gasteiger charge is -2.14. The zero-order valence-corrected chi connectivity index (χ0v) is 13.1. The smallest absolute Gasteiger partial charge is 0.261 e. The second-order valence-electron chi connectivity index (χ2n) is 4.42. The standard InChI is InChI=1S/C16H20N2O2S/c1-5-8-9-13(6-2)21(19,20)18-16-11-12(4)10-15(17)14(16)7-3/h5-11,18H,2-3,17H2,1,4H3/b8-5-,13-9+. The zero-order valence-electron chi connectivity index (χ0n) is 12.3. The van der Waals surface area contributed by atoms with E-state index in [0.29, 0.717) is 16.9 Å². The van der Waals surface area contributed by atoms with Crippen LogP contribution in [-0.2, 0) is 10.0 Å². The molecule has 0 aliphatic heterocycles. The van der Waals surface area contributed by atoms with Crippen molar-refractivity contribution in [3.8, 4) is 0 Å². The van der Waals surface area contributed by atoms with E-state index >= 15 is 0 Å². The van der Waals surface area contributed by atoms with E-state index in [9.17, 15) is 8.42 Å². The topological polar surface area (TPSA) is 72.2 Å².